The number of ketones is 1. The monoisotopic (exact) mass is 370 g/mol. The fourth-order valence-corrected chi connectivity index (χ4v) is 2.05. The van der Waals surface area contributed by atoms with E-state index >= 15 is 0 Å². The summed E-state index contributed by atoms with van der Waals surface area (Å²) in [6, 6.07) is 8.82. The van der Waals surface area contributed by atoms with Crippen LogP contribution < -0.4 is 0 Å². The summed E-state index contributed by atoms with van der Waals surface area (Å²) in [6.07, 6.45) is -4.49. The third kappa shape index (κ3) is 5.61. The largest absolute Gasteiger partial charge is 0.416 e. The minimum Gasteiger partial charge on any atom is -0.290 e. The van der Waals surface area contributed by atoms with E-state index in [1.54, 1.807) is 0 Å². The van der Waals surface area contributed by atoms with Crippen molar-refractivity contribution in [1.29, 1.82) is 0 Å². The van der Waals surface area contributed by atoms with Gasteiger partial charge in [0, 0.05) is 0 Å². The number of hydrogen-bond acceptors (Lipinski definition) is 1. The maximum Gasteiger partial charge on any atom is 0.416 e. The van der Waals surface area contributed by atoms with Crippen LogP contribution in [0, 0.1) is 0 Å². The lowest BCUT2D eigenvalue weighted by Crippen LogP contribution is -2.04. The van der Waals surface area contributed by atoms with E-state index in [4.69, 9.17) is 0 Å². The molecule has 0 aliphatic carbocycles. The first-order valence-electron chi connectivity index (χ1n) is 7.30. The van der Waals surface area contributed by atoms with Gasteiger partial charge in [-0.3, -0.25) is 4.79 Å². The van der Waals surface area contributed by atoms with Crippen LogP contribution in [0.5, 0.6) is 0 Å². The molecule has 0 bridgehead atoms. The van der Waals surface area contributed by atoms with Crippen LogP contribution in [-0.2, 0) is 17.1 Å². The molecule has 1 nitrogen and oxygen atoms in total. The fourth-order valence-electron chi connectivity index (χ4n) is 2.05. The third-order valence-corrected chi connectivity index (χ3v) is 3.31. The van der Waals surface area contributed by atoms with Crippen molar-refractivity contribution < 1.29 is 31.1 Å². The van der Waals surface area contributed by atoms with Crippen molar-refractivity contribution in [2.45, 2.75) is 12.4 Å². The molecule has 0 N–H and O–H groups in total. The van der Waals surface area contributed by atoms with Crippen molar-refractivity contribution in [3.63, 3.8) is 0 Å². The quantitative estimate of drug-likeness (QED) is 0.475. The van der Waals surface area contributed by atoms with Crippen LogP contribution >= 0.6 is 0 Å². The lowest BCUT2D eigenvalue weighted by atomic mass is 10.1. The van der Waals surface area contributed by atoms with Crippen molar-refractivity contribution in [3.05, 3.63) is 82.9 Å². The number of allylic oxidation sites excluding steroid dienone is 2. The number of rotatable bonds is 4. The number of carbonyl (C=O) groups excluding carboxylic acids is 1. The molecule has 0 saturated carbocycles. The first-order chi connectivity index (χ1) is 12.1. The molecule has 2 rings (SSSR count). The highest BCUT2D eigenvalue weighted by Crippen LogP contribution is 2.30. The third-order valence-electron chi connectivity index (χ3n) is 3.31. The van der Waals surface area contributed by atoms with Crippen LogP contribution in [0.15, 0.2) is 60.7 Å². The average molecular weight is 370 g/mol. The van der Waals surface area contributed by atoms with Gasteiger partial charge in [0.25, 0.3) is 0 Å². The standard InChI is InChI=1S/C19H12F6O/c20-18(21,22)15-5-1-3-13(11-15)7-9-17(26)10-8-14-4-2-6-16(12-14)19(23,24)25/h1-12H. The molecule has 2 aromatic carbocycles. The summed E-state index contributed by atoms with van der Waals surface area (Å²) in [5.41, 5.74) is -1.32. The summed E-state index contributed by atoms with van der Waals surface area (Å²) in [4.78, 5) is 11.7. The molecule has 0 saturated heterocycles. The van der Waals surface area contributed by atoms with E-state index in [0.29, 0.717) is 0 Å². The SMILES string of the molecule is O=C(C=Cc1cccc(C(F)(F)F)c1)C=Cc1cccc(C(F)(F)F)c1. The van der Waals surface area contributed by atoms with Gasteiger partial charge in [-0.2, -0.15) is 26.3 Å². The second-order valence-electron chi connectivity index (χ2n) is 5.32. The summed E-state index contributed by atoms with van der Waals surface area (Å²) < 4.78 is 75.7. The summed E-state index contributed by atoms with van der Waals surface area (Å²) in [5, 5.41) is 0. The molecular weight excluding hydrogens is 358 g/mol. The Hall–Kier alpha value is -2.83. The molecule has 0 aromatic heterocycles. The van der Waals surface area contributed by atoms with E-state index in [9.17, 15) is 31.1 Å². The Kier molecular flexibility index (Phi) is 5.69. The molecular formula is C19H12F6O. The van der Waals surface area contributed by atoms with Crippen LogP contribution in [0.25, 0.3) is 12.2 Å². The van der Waals surface area contributed by atoms with Crippen LogP contribution in [0.1, 0.15) is 22.3 Å². The van der Waals surface area contributed by atoms with Crippen LogP contribution in [0.4, 0.5) is 26.3 Å². The van der Waals surface area contributed by atoms with Crippen molar-refractivity contribution in [2.24, 2.45) is 0 Å². The highest BCUT2D eigenvalue weighted by Gasteiger charge is 2.30. The van der Waals surface area contributed by atoms with Gasteiger partial charge in [0.05, 0.1) is 11.1 Å². The van der Waals surface area contributed by atoms with Crippen LogP contribution in [0.3, 0.4) is 0 Å². The summed E-state index contributed by atoms with van der Waals surface area (Å²) >= 11 is 0. The highest BCUT2D eigenvalue weighted by molar-refractivity contribution is 6.04. The molecule has 0 atom stereocenters. The number of hydrogen-bond donors (Lipinski definition) is 0. The van der Waals surface area contributed by atoms with E-state index in [1.165, 1.54) is 36.4 Å². The summed E-state index contributed by atoms with van der Waals surface area (Å²) in [6.45, 7) is 0. The van der Waals surface area contributed by atoms with Gasteiger partial charge >= 0.3 is 12.4 Å². The van der Waals surface area contributed by atoms with E-state index in [0.717, 1.165) is 36.4 Å². The van der Waals surface area contributed by atoms with Gasteiger partial charge in [0.2, 0.25) is 0 Å². The Labute approximate surface area is 145 Å². The van der Waals surface area contributed by atoms with Gasteiger partial charge in [0.1, 0.15) is 0 Å². The molecule has 0 unspecified atom stereocenters. The zero-order valence-corrected chi connectivity index (χ0v) is 13.1. The van der Waals surface area contributed by atoms with Crippen LogP contribution in [0.2, 0.25) is 0 Å². The minimum atomic E-state index is -4.49. The average Bonchev–Trinajstić information content (AvgIpc) is 2.57. The first-order valence-corrected chi connectivity index (χ1v) is 7.30. The molecule has 26 heavy (non-hydrogen) atoms. The second kappa shape index (κ2) is 7.59. The highest BCUT2D eigenvalue weighted by atomic mass is 19.4. The predicted octanol–water partition coefficient (Wildman–Crippen LogP) is 6.02. The lowest BCUT2D eigenvalue weighted by molar-refractivity contribution is -0.138. The number of carbonyl (C=O) groups is 1. The van der Waals surface area contributed by atoms with Crippen molar-refractivity contribution in [1.82, 2.24) is 0 Å². The Morgan fingerprint density at radius 2 is 1.08 bits per heavy atom. The molecule has 0 spiro atoms. The smallest absolute Gasteiger partial charge is 0.290 e. The zero-order valence-electron chi connectivity index (χ0n) is 13.1. The first kappa shape index (κ1) is 19.5. The van der Waals surface area contributed by atoms with E-state index in [2.05, 4.69) is 0 Å². The van der Waals surface area contributed by atoms with Crippen molar-refractivity contribution >= 4 is 17.9 Å². The van der Waals surface area contributed by atoms with E-state index < -0.39 is 29.3 Å². The topological polar surface area (TPSA) is 17.1 Å². The number of halogens is 6. The molecule has 0 heterocycles. The Bertz CT molecular complexity index is 774. The van der Waals surface area contributed by atoms with Gasteiger partial charge in [-0.05, 0) is 47.5 Å². The van der Waals surface area contributed by atoms with Gasteiger partial charge < -0.3 is 0 Å². The normalized spacial score (nSPS) is 12.8. The fraction of sp³-hybridized carbons (Fsp3) is 0.105. The second-order valence-corrected chi connectivity index (χ2v) is 5.32. The van der Waals surface area contributed by atoms with Gasteiger partial charge in [-0.1, -0.05) is 36.4 Å². The Morgan fingerprint density at radius 3 is 1.42 bits per heavy atom. The van der Waals surface area contributed by atoms with E-state index in [-0.39, 0.29) is 11.1 Å². The van der Waals surface area contributed by atoms with Gasteiger partial charge in [-0.15, -0.1) is 0 Å². The molecule has 0 fully saturated rings. The number of alkyl halides is 6. The van der Waals surface area contributed by atoms with Crippen LogP contribution in [-0.4, -0.2) is 5.78 Å². The maximum atomic E-state index is 12.6. The van der Waals surface area contributed by atoms with Gasteiger partial charge in [-0.25, -0.2) is 0 Å². The lowest BCUT2D eigenvalue weighted by Gasteiger charge is -2.06. The minimum absolute atomic E-state index is 0.181. The summed E-state index contributed by atoms with van der Waals surface area (Å²) in [5.74, 6) is -0.570. The molecule has 7 heteroatoms. The van der Waals surface area contributed by atoms with E-state index in [1.807, 2.05) is 0 Å². The molecule has 0 radical (unpaired) electrons. The zero-order chi connectivity index (χ0) is 19.4. The summed E-state index contributed by atoms with van der Waals surface area (Å²) in [7, 11) is 0. The number of benzene rings is 2. The maximum absolute atomic E-state index is 12.6. The van der Waals surface area contributed by atoms with Crippen molar-refractivity contribution in [3.8, 4) is 0 Å². The van der Waals surface area contributed by atoms with Crippen molar-refractivity contribution in [2.75, 3.05) is 0 Å². The molecule has 0 aliphatic heterocycles. The Balaban J connectivity index is 2.09. The molecule has 0 amide bonds. The molecule has 136 valence electrons. The predicted molar refractivity (Wildman–Crippen MR) is 86.0 cm³/mol. The Morgan fingerprint density at radius 1 is 0.692 bits per heavy atom. The van der Waals surface area contributed by atoms with Gasteiger partial charge in [0.15, 0.2) is 5.78 Å². The molecule has 0 aliphatic rings. The molecule has 2 aromatic rings.